The van der Waals surface area contributed by atoms with Gasteiger partial charge in [0.15, 0.2) is 0 Å². The van der Waals surface area contributed by atoms with E-state index in [2.05, 4.69) is 18.3 Å². The lowest BCUT2D eigenvalue weighted by Crippen LogP contribution is -2.11. The lowest BCUT2D eigenvalue weighted by atomic mass is 9.90. The fourth-order valence-corrected chi connectivity index (χ4v) is 1.77. The van der Waals surface area contributed by atoms with Crippen molar-refractivity contribution in [1.82, 2.24) is 0 Å². The summed E-state index contributed by atoms with van der Waals surface area (Å²) in [7, 11) is 0. The van der Waals surface area contributed by atoms with Crippen molar-refractivity contribution in [3.05, 3.63) is 28.8 Å². The van der Waals surface area contributed by atoms with Crippen molar-refractivity contribution in [1.29, 1.82) is 5.26 Å². The van der Waals surface area contributed by atoms with Crippen LogP contribution in [0.25, 0.3) is 0 Å². The molecule has 1 aromatic rings. The molecule has 0 heterocycles. The first-order valence-electron chi connectivity index (χ1n) is 5.86. The number of nitrogens with one attached hydrogen (secondary N) is 1. The first-order valence-corrected chi connectivity index (χ1v) is 6.24. The normalized spacial score (nSPS) is 11.0. The molecule has 0 saturated carbocycles. The molecule has 0 radical (unpaired) electrons. The summed E-state index contributed by atoms with van der Waals surface area (Å²) < 4.78 is 0. The van der Waals surface area contributed by atoms with Gasteiger partial charge in [-0.15, -0.1) is 0 Å². The summed E-state index contributed by atoms with van der Waals surface area (Å²) in [6.45, 7) is 6.86. The Hall–Kier alpha value is -1.20. The second-order valence-electron chi connectivity index (χ2n) is 4.99. The van der Waals surface area contributed by atoms with Crippen LogP contribution in [0.2, 0.25) is 5.02 Å². The van der Waals surface area contributed by atoms with Crippen molar-refractivity contribution < 1.29 is 0 Å². The summed E-state index contributed by atoms with van der Waals surface area (Å²) >= 11 is 5.94. The highest BCUT2D eigenvalue weighted by Crippen LogP contribution is 2.22. The van der Waals surface area contributed by atoms with Crippen LogP contribution in [0.1, 0.15) is 32.3 Å². The van der Waals surface area contributed by atoms with Gasteiger partial charge >= 0.3 is 0 Å². The van der Waals surface area contributed by atoms with Gasteiger partial charge in [-0.3, -0.25) is 0 Å². The van der Waals surface area contributed by atoms with Crippen molar-refractivity contribution in [3.8, 4) is 6.07 Å². The van der Waals surface area contributed by atoms with Crippen LogP contribution in [-0.2, 0) is 0 Å². The van der Waals surface area contributed by atoms with Crippen LogP contribution in [0.15, 0.2) is 18.2 Å². The first-order chi connectivity index (χ1) is 7.94. The van der Waals surface area contributed by atoms with E-state index >= 15 is 0 Å². The minimum atomic E-state index is -0.231. The van der Waals surface area contributed by atoms with E-state index in [1.807, 2.05) is 32.0 Å². The van der Waals surface area contributed by atoms with Gasteiger partial charge in [-0.2, -0.15) is 5.26 Å². The molecule has 0 amide bonds. The monoisotopic (exact) mass is 250 g/mol. The molecule has 17 heavy (non-hydrogen) atoms. The van der Waals surface area contributed by atoms with Crippen molar-refractivity contribution >= 4 is 17.3 Å². The molecule has 1 N–H and O–H groups in total. The first kappa shape index (κ1) is 13.9. The number of aryl methyl sites for hydroxylation is 1. The van der Waals surface area contributed by atoms with Gasteiger partial charge in [-0.25, -0.2) is 0 Å². The zero-order valence-electron chi connectivity index (χ0n) is 10.7. The van der Waals surface area contributed by atoms with E-state index in [9.17, 15) is 0 Å². The van der Waals surface area contributed by atoms with E-state index in [0.717, 1.165) is 30.1 Å². The Morgan fingerprint density at radius 3 is 2.76 bits per heavy atom. The molecule has 0 unspecified atom stereocenters. The number of nitrogens with zero attached hydrogens (tertiary/aromatic N) is 1. The van der Waals surface area contributed by atoms with Gasteiger partial charge in [-0.1, -0.05) is 17.7 Å². The molecule has 0 aromatic heterocycles. The lowest BCUT2D eigenvalue weighted by molar-refractivity contribution is 0.441. The molecule has 1 rings (SSSR count). The Morgan fingerprint density at radius 1 is 1.41 bits per heavy atom. The second kappa shape index (κ2) is 5.93. The molecule has 0 aliphatic carbocycles. The molecule has 0 spiro atoms. The maximum atomic E-state index is 8.90. The second-order valence-corrected chi connectivity index (χ2v) is 5.42. The van der Waals surface area contributed by atoms with E-state index in [1.54, 1.807) is 0 Å². The van der Waals surface area contributed by atoms with Crippen LogP contribution in [0, 0.1) is 23.7 Å². The van der Waals surface area contributed by atoms with Crippen molar-refractivity contribution in [2.24, 2.45) is 5.41 Å². The third-order valence-corrected chi connectivity index (χ3v) is 3.03. The highest BCUT2D eigenvalue weighted by Gasteiger charge is 2.15. The van der Waals surface area contributed by atoms with Crippen LogP contribution in [-0.4, -0.2) is 6.54 Å². The minimum Gasteiger partial charge on any atom is -0.385 e. The van der Waals surface area contributed by atoms with Crippen molar-refractivity contribution in [2.75, 3.05) is 11.9 Å². The topological polar surface area (TPSA) is 35.8 Å². The lowest BCUT2D eigenvalue weighted by Gasteiger charge is -2.15. The smallest absolute Gasteiger partial charge is 0.0683 e. The van der Waals surface area contributed by atoms with Crippen LogP contribution in [0.3, 0.4) is 0 Å². The largest absolute Gasteiger partial charge is 0.385 e. The van der Waals surface area contributed by atoms with E-state index < -0.39 is 0 Å². The molecule has 0 fully saturated rings. The standard InChI is InChI=1S/C14H19ClN2/c1-11-5-6-12(15)9-13(11)17-8-4-7-14(2,3)10-16/h5-6,9,17H,4,7-8H2,1-3H3. The van der Waals surface area contributed by atoms with Gasteiger partial charge in [0.05, 0.1) is 11.5 Å². The predicted molar refractivity (Wildman–Crippen MR) is 73.3 cm³/mol. The quantitative estimate of drug-likeness (QED) is 0.787. The highest BCUT2D eigenvalue weighted by molar-refractivity contribution is 6.30. The van der Waals surface area contributed by atoms with Gasteiger partial charge in [0.25, 0.3) is 0 Å². The Morgan fingerprint density at radius 2 is 2.12 bits per heavy atom. The molecular formula is C14H19ClN2. The van der Waals surface area contributed by atoms with Gasteiger partial charge in [0.2, 0.25) is 0 Å². The van der Waals surface area contributed by atoms with Gasteiger partial charge in [0.1, 0.15) is 0 Å². The molecule has 92 valence electrons. The maximum absolute atomic E-state index is 8.90. The molecule has 0 atom stereocenters. The summed E-state index contributed by atoms with van der Waals surface area (Å²) in [5.74, 6) is 0. The highest BCUT2D eigenvalue weighted by atomic mass is 35.5. The maximum Gasteiger partial charge on any atom is 0.0683 e. The average molecular weight is 251 g/mol. The fraction of sp³-hybridized carbons (Fsp3) is 0.500. The molecule has 0 aliphatic rings. The summed E-state index contributed by atoms with van der Waals surface area (Å²) in [4.78, 5) is 0. The van der Waals surface area contributed by atoms with E-state index in [4.69, 9.17) is 16.9 Å². The Balaban J connectivity index is 2.42. The number of hydrogen-bond donors (Lipinski definition) is 1. The van der Waals surface area contributed by atoms with E-state index in [-0.39, 0.29) is 5.41 Å². The van der Waals surface area contributed by atoms with Gasteiger partial charge in [0, 0.05) is 17.3 Å². The molecule has 1 aromatic carbocycles. The van der Waals surface area contributed by atoms with Crippen molar-refractivity contribution in [2.45, 2.75) is 33.6 Å². The van der Waals surface area contributed by atoms with Crippen LogP contribution >= 0.6 is 11.6 Å². The van der Waals surface area contributed by atoms with Crippen molar-refractivity contribution in [3.63, 3.8) is 0 Å². The van der Waals surface area contributed by atoms with E-state index in [1.165, 1.54) is 5.56 Å². The Labute approximate surface area is 109 Å². The predicted octanol–water partition coefficient (Wildman–Crippen LogP) is 4.39. The molecular weight excluding hydrogens is 232 g/mol. The van der Waals surface area contributed by atoms with Gasteiger partial charge in [-0.05, 0) is 51.3 Å². The summed E-state index contributed by atoms with van der Waals surface area (Å²) in [5, 5.41) is 13.0. The number of hydrogen-bond acceptors (Lipinski definition) is 2. The third-order valence-electron chi connectivity index (χ3n) is 2.80. The summed E-state index contributed by atoms with van der Waals surface area (Å²) in [6, 6.07) is 8.14. The number of benzene rings is 1. The fourth-order valence-electron chi connectivity index (χ4n) is 1.59. The molecule has 0 saturated heterocycles. The zero-order valence-corrected chi connectivity index (χ0v) is 11.4. The number of anilines is 1. The molecule has 0 bridgehead atoms. The number of halogens is 1. The number of nitriles is 1. The SMILES string of the molecule is Cc1ccc(Cl)cc1NCCCC(C)(C)C#N. The third kappa shape index (κ3) is 4.66. The Bertz CT molecular complexity index is 419. The van der Waals surface area contributed by atoms with Gasteiger partial charge < -0.3 is 5.32 Å². The van der Waals surface area contributed by atoms with Crippen LogP contribution < -0.4 is 5.32 Å². The van der Waals surface area contributed by atoms with Crippen LogP contribution in [0.5, 0.6) is 0 Å². The molecule has 3 heteroatoms. The number of rotatable bonds is 5. The summed E-state index contributed by atoms with van der Waals surface area (Å²) in [5.41, 5.74) is 2.03. The van der Waals surface area contributed by atoms with E-state index in [0.29, 0.717) is 0 Å². The van der Waals surface area contributed by atoms with Crippen LogP contribution in [0.4, 0.5) is 5.69 Å². The molecule has 0 aliphatic heterocycles. The minimum absolute atomic E-state index is 0.231. The Kier molecular flexibility index (Phi) is 4.84. The molecule has 2 nitrogen and oxygen atoms in total. The average Bonchev–Trinajstić information content (AvgIpc) is 2.29. The zero-order chi connectivity index (χ0) is 12.9. The summed E-state index contributed by atoms with van der Waals surface area (Å²) in [6.07, 6.45) is 1.88.